The zero-order valence-electron chi connectivity index (χ0n) is 7.69. The molecule has 0 aliphatic rings. The Balaban J connectivity index is 2.84. The van der Waals surface area contributed by atoms with E-state index in [-0.39, 0.29) is 6.61 Å². The molecule has 14 heavy (non-hydrogen) atoms. The third-order valence-corrected chi connectivity index (χ3v) is 1.59. The van der Waals surface area contributed by atoms with Crippen molar-refractivity contribution in [1.29, 1.82) is 5.26 Å². The van der Waals surface area contributed by atoms with Crippen LogP contribution < -0.4 is 4.74 Å². The van der Waals surface area contributed by atoms with E-state index in [1.807, 2.05) is 0 Å². The Kier molecular flexibility index (Phi) is 3.50. The molecule has 72 valence electrons. The zero-order valence-corrected chi connectivity index (χ0v) is 7.69. The standard InChI is InChI=1S/C10H9NO3/c1-13-9-5-3-2-4-8(9)10(12)14-7-6-11/h2-5H,7H2,1H3. The van der Waals surface area contributed by atoms with Gasteiger partial charge in [0.05, 0.1) is 7.11 Å². The van der Waals surface area contributed by atoms with Crippen LogP contribution in [0.1, 0.15) is 10.4 Å². The number of para-hydroxylation sites is 1. The minimum absolute atomic E-state index is 0.253. The van der Waals surface area contributed by atoms with Gasteiger partial charge in [0.2, 0.25) is 0 Å². The second-order valence-corrected chi connectivity index (χ2v) is 2.43. The molecule has 0 N–H and O–H groups in total. The number of methoxy groups -OCH3 is 1. The van der Waals surface area contributed by atoms with Crippen molar-refractivity contribution in [2.24, 2.45) is 0 Å². The van der Waals surface area contributed by atoms with Crippen LogP contribution in [0.4, 0.5) is 0 Å². The lowest BCUT2D eigenvalue weighted by molar-refractivity contribution is 0.0551. The van der Waals surface area contributed by atoms with Crippen molar-refractivity contribution in [3.63, 3.8) is 0 Å². The monoisotopic (exact) mass is 191 g/mol. The minimum Gasteiger partial charge on any atom is -0.496 e. The van der Waals surface area contributed by atoms with E-state index >= 15 is 0 Å². The number of ether oxygens (including phenoxy) is 2. The Morgan fingerprint density at radius 3 is 2.86 bits per heavy atom. The van der Waals surface area contributed by atoms with Gasteiger partial charge in [0.25, 0.3) is 0 Å². The first kappa shape index (κ1) is 10.1. The van der Waals surface area contributed by atoms with Crippen molar-refractivity contribution in [3.8, 4) is 11.8 Å². The predicted octanol–water partition coefficient (Wildman–Crippen LogP) is 1.38. The third kappa shape index (κ3) is 2.23. The molecule has 4 nitrogen and oxygen atoms in total. The van der Waals surface area contributed by atoms with Crippen molar-refractivity contribution in [1.82, 2.24) is 0 Å². The number of esters is 1. The molecule has 1 aromatic carbocycles. The highest BCUT2D eigenvalue weighted by Crippen LogP contribution is 2.17. The number of benzene rings is 1. The van der Waals surface area contributed by atoms with Gasteiger partial charge in [-0.25, -0.2) is 4.79 Å². The largest absolute Gasteiger partial charge is 0.496 e. The Morgan fingerprint density at radius 1 is 1.50 bits per heavy atom. The van der Waals surface area contributed by atoms with Crippen LogP contribution >= 0.6 is 0 Å². The second kappa shape index (κ2) is 4.87. The van der Waals surface area contributed by atoms with E-state index in [1.165, 1.54) is 7.11 Å². The van der Waals surface area contributed by atoms with E-state index in [1.54, 1.807) is 30.3 Å². The van der Waals surface area contributed by atoms with Gasteiger partial charge in [0.1, 0.15) is 17.4 Å². The average molecular weight is 191 g/mol. The van der Waals surface area contributed by atoms with Crippen LogP contribution in [-0.4, -0.2) is 19.7 Å². The van der Waals surface area contributed by atoms with E-state index in [9.17, 15) is 4.79 Å². The molecule has 0 saturated heterocycles. The molecule has 0 atom stereocenters. The van der Waals surface area contributed by atoms with E-state index in [0.29, 0.717) is 11.3 Å². The number of nitriles is 1. The normalized spacial score (nSPS) is 8.86. The molecule has 0 spiro atoms. The first-order valence-electron chi connectivity index (χ1n) is 3.96. The lowest BCUT2D eigenvalue weighted by Gasteiger charge is -2.05. The number of hydrogen-bond donors (Lipinski definition) is 0. The molecule has 1 aromatic rings. The van der Waals surface area contributed by atoms with Gasteiger partial charge >= 0.3 is 5.97 Å². The maximum Gasteiger partial charge on any atom is 0.342 e. The lowest BCUT2D eigenvalue weighted by atomic mass is 10.2. The molecular weight excluding hydrogens is 182 g/mol. The van der Waals surface area contributed by atoms with E-state index in [0.717, 1.165) is 0 Å². The fourth-order valence-corrected chi connectivity index (χ4v) is 0.989. The van der Waals surface area contributed by atoms with Crippen molar-refractivity contribution < 1.29 is 14.3 Å². The Hall–Kier alpha value is -2.02. The summed E-state index contributed by atoms with van der Waals surface area (Å²) < 4.78 is 9.60. The molecular formula is C10H9NO3. The highest BCUT2D eigenvalue weighted by Gasteiger charge is 2.11. The molecule has 0 saturated carbocycles. The molecule has 0 radical (unpaired) electrons. The van der Waals surface area contributed by atoms with E-state index in [4.69, 9.17) is 10.00 Å². The molecule has 1 rings (SSSR count). The maximum atomic E-state index is 11.3. The van der Waals surface area contributed by atoms with Crippen LogP contribution in [0.3, 0.4) is 0 Å². The number of rotatable bonds is 3. The third-order valence-electron chi connectivity index (χ3n) is 1.59. The van der Waals surface area contributed by atoms with Crippen LogP contribution in [0, 0.1) is 11.3 Å². The number of nitrogens with zero attached hydrogens (tertiary/aromatic N) is 1. The van der Waals surface area contributed by atoms with Crippen molar-refractivity contribution >= 4 is 5.97 Å². The van der Waals surface area contributed by atoms with Crippen molar-refractivity contribution in [2.75, 3.05) is 13.7 Å². The van der Waals surface area contributed by atoms with E-state index < -0.39 is 5.97 Å². The van der Waals surface area contributed by atoms with Gasteiger partial charge in [-0.2, -0.15) is 5.26 Å². The van der Waals surface area contributed by atoms with Gasteiger partial charge in [0.15, 0.2) is 6.61 Å². The van der Waals surface area contributed by atoms with E-state index in [2.05, 4.69) is 4.74 Å². The quantitative estimate of drug-likeness (QED) is 0.677. The summed E-state index contributed by atoms with van der Waals surface area (Å²) >= 11 is 0. The molecule has 0 unspecified atom stereocenters. The Labute approximate surface area is 81.7 Å². The molecule has 0 amide bonds. The Bertz CT molecular complexity index is 368. The van der Waals surface area contributed by atoms with Crippen LogP contribution in [0.2, 0.25) is 0 Å². The topological polar surface area (TPSA) is 59.3 Å². The zero-order chi connectivity index (χ0) is 10.4. The summed E-state index contributed by atoms with van der Waals surface area (Å²) in [4.78, 5) is 11.3. The summed E-state index contributed by atoms with van der Waals surface area (Å²) in [5.41, 5.74) is 0.324. The van der Waals surface area contributed by atoms with Crippen LogP contribution in [0.5, 0.6) is 5.75 Å². The van der Waals surface area contributed by atoms with Gasteiger partial charge in [-0.15, -0.1) is 0 Å². The lowest BCUT2D eigenvalue weighted by Crippen LogP contribution is -2.06. The van der Waals surface area contributed by atoms with Crippen molar-refractivity contribution in [2.45, 2.75) is 0 Å². The number of hydrogen-bond acceptors (Lipinski definition) is 4. The molecule has 0 heterocycles. The smallest absolute Gasteiger partial charge is 0.342 e. The molecule has 0 bridgehead atoms. The Morgan fingerprint density at radius 2 is 2.21 bits per heavy atom. The summed E-state index contributed by atoms with van der Waals surface area (Å²) in [6, 6.07) is 8.41. The predicted molar refractivity (Wildman–Crippen MR) is 48.9 cm³/mol. The van der Waals surface area contributed by atoms with Gasteiger partial charge in [0, 0.05) is 0 Å². The van der Waals surface area contributed by atoms with Gasteiger partial charge in [-0.1, -0.05) is 12.1 Å². The van der Waals surface area contributed by atoms with Crippen molar-refractivity contribution in [3.05, 3.63) is 29.8 Å². The summed E-state index contributed by atoms with van der Waals surface area (Å²) in [7, 11) is 1.47. The first-order valence-corrected chi connectivity index (χ1v) is 3.96. The highest BCUT2D eigenvalue weighted by atomic mass is 16.5. The summed E-state index contributed by atoms with van der Waals surface area (Å²) in [6.45, 7) is -0.253. The molecule has 0 aliphatic heterocycles. The van der Waals surface area contributed by atoms with Crippen LogP contribution in [-0.2, 0) is 4.74 Å². The van der Waals surface area contributed by atoms with Gasteiger partial charge in [-0.05, 0) is 12.1 Å². The summed E-state index contributed by atoms with van der Waals surface area (Å²) in [5, 5.41) is 8.23. The average Bonchev–Trinajstić information content (AvgIpc) is 2.25. The summed E-state index contributed by atoms with van der Waals surface area (Å²) in [6.07, 6.45) is 0. The number of carbonyl (C=O) groups excluding carboxylic acids is 1. The van der Waals surface area contributed by atoms with Crippen LogP contribution in [0.25, 0.3) is 0 Å². The molecule has 0 aliphatic carbocycles. The SMILES string of the molecule is COc1ccccc1C(=O)OCC#N. The van der Waals surface area contributed by atoms with Gasteiger partial charge < -0.3 is 9.47 Å². The molecule has 0 aromatic heterocycles. The highest BCUT2D eigenvalue weighted by molar-refractivity contribution is 5.92. The fourth-order valence-electron chi connectivity index (χ4n) is 0.989. The first-order chi connectivity index (χ1) is 6.79. The number of carbonyl (C=O) groups is 1. The fraction of sp³-hybridized carbons (Fsp3) is 0.200. The maximum absolute atomic E-state index is 11.3. The van der Waals surface area contributed by atoms with Crippen LogP contribution in [0.15, 0.2) is 24.3 Å². The minimum atomic E-state index is -0.552. The second-order valence-electron chi connectivity index (χ2n) is 2.43. The summed E-state index contributed by atoms with van der Waals surface area (Å²) in [5.74, 6) is -0.112. The molecule has 0 fully saturated rings. The molecule has 4 heteroatoms. The van der Waals surface area contributed by atoms with Gasteiger partial charge in [-0.3, -0.25) is 0 Å².